The lowest BCUT2D eigenvalue weighted by atomic mass is 10.2. The fourth-order valence-corrected chi connectivity index (χ4v) is 0.952. The van der Waals surface area contributed by atoms with E-state index in [9.17, 15) is 4.79 Å². The molecule has 0 unspecified atom stereocenters. The number of allylic oxidation sites excluding steroid dienone is 2. The van der Waals surface area contributed by atoms with E-state index in [1.54, 1.807) is 37.5 Å². The highest BCUT2D eigenvalue weighted by molar-refractivity contribution is 5.89. The molecule has 0 fully saturated rings. The van der Waals surface area contributed by atoms with Crippen molar-refractivity contribution in [1.82, 2.24) is 0 Å². The van der Waals surface area contributed by atoms with Gasteiger partial charge in [0.2, 0.25) is 0 Å². The normalized spacial score (nSPS) is 9.93. The molecule has 78 valence electrons. The van der Waals surface area contributed by atoms with Crippen LogP contribution in [0.3, 0.4) is 0 Å². The van der Waals surface area contributed by atoms with Crippen LogP contribution in [0.5, 0.6) is 5.75 Å². The van der Waals surface area contributed by atoms with Gasteiger partial charge in [-0.25, -0.2) is 4.79 Å². The lowest BCUT2D eigenvalue weighted by Crippen LogP contribution is -1.99. The number of hydrogen-bond acceptors (Lipinski definition) is 3. The summed E-state index contributed by atoms with van der Waals surface area (Å²) in [6.45, 7) is 3.46. The van der Waals surface area contributed by atoms with Crippen LogP contribution < -0.4 is 4.74 Å². The summed E-state index contributed by atoms with van der Waals surface area (Å²) >= 11 is 0. The van der Waals surface area contributed by atoms with E-state index in [0.29, 0.717) is 11.3 Å². The molecule has 0 radical (unpaired) electrons. The Morgan fingerprint density at radius 2 is 2.00 bits per heavy atom. The molecule has 0 aliphatic rings. The van der Waals surface area contributed by atoms with Crippen molar-refractivity contribution in [3.8, 4) is 5.75 Å². The van der Waals surface area contributed by atoms with Gasteiger partial charge in [-0.1, -0.05) is 12.7 Å². The number of carbonyl (C=O) groups excluding carboxylic acids is 1. The molecule has 3 heteroatoms. The third kappa shape index (κ3) is 3.31. The SMILES string of the molecule is C=CC=COC(=O)c1ccc(OC)cc1. The van der Waals surface area contributed by atoms with Gasteiger partial charge >= 0.3 is 5.97 Å². The van der Waals surface area contributed by atoms with Crippen LogP contribution in [0.2, 0.25) is 0 Å². The van der Waals surface area contributed by atoms with Crippen LogP contribution in [-0.4, -0.2) is 13.1 Å². The summed E-state index contributed by atoms with van der Waals surface area (Å²) in [4.78, 5) is 11.4. The van der Waals surface area contributed by atoms with E-state index >= 15 is 0 Å². The summed E-state index contributed by atoms with van der Waals surface area (Å²) in [5, 5.41) is 0. The average molecular weight is 204 g/mol. The van der Waals surface area contributed by atoms with Crippen LogP contribution in [0.25, 0.3) is 0 Å². The molecule has 0 atom stereocenters. The Bertz CT molecular complexity index is 363. The maximum atomic E-state index is 11.4. The third-order valence-corrected chi connectivity index (χ3v) is 1.72. The number of hydrogen-bond donors (Lipinski definition) is 0. The predicted molar refractivity (Wildman–Crippen MR) is 57.7 cm³/mol. The zero-order valence-corrected chi connectivity index (χ0v) is 8.47. The van der Waals surface area contributed by atoms with E-state index in [-0.39, 0.29) is 0 Å². The van der Waals surface area contributed by atoms with Gasteiger partial charge in [0.25, 0.3) is 0 Å². The molecule has 0 amide bonds. The van der Waals surface area contributed by atoms with Gasteiger partial charge in [-0.2, -0.15) is 0 Å². The highest BCUT2D eigenvalue weighted by Crippen LogP contribution is 2.11. The van der Waals surface area contributed by atoms with Gasteiger partial charge in [0.05, 0.1) is 18.9 Å². The van der Waals surface area contributed by atoms with E-state index in [0.717, 1.165) is 0 Å². The minimum atomic E-state index is -0.407. The second-order valence-corrected chi connectivity index (χ2v) is 2.70. The molecule has 0 N–H and O–H groups in total. The molecular formula is C12H12O3. The van der Waals surface area contributed by atoms with E-state index in [4.69, 9.17) is 9.47 Å². The monoisotopic (exact) mass is 204 g/mol. The molecule has 0 spiro atoms. The zero-order valence-electron chi connectivity index (χ0n) is 8.47. The molecule has 1 aromatic carbocycles. The quantitative estimate of drug-likeness (QED) is 0.429. The Morgan fingerprint density at radius 3 is 2.53 bits per heavy atom. The fraction of sp³-hybridized carbons (Fsp3) is 0.0833. The van der Waals surface area contributed by atoms with Crippen molar-refractivity contribution in [2.24, 2.45) is 0 Å². The second-order valence-electron chi connectivity index (χ2n) is 2.70. The van der Waals surface area contributed by atoms with Crippen molar-refractivity contribution in [3.05, 3.63) is 54.8 Å². The van der Waals surface area contributed by atoms with Crippen LogP contribution in [0.1, 0.15) is 10.4 Å². The van der Waals surface area contributed by atoms with Crippen LogP contribution in [0.4, 0.5) is 0 Å². The Kier molecular flexibility index (Phi) is 4.16. The number of ether oxygens (including phenoxy) is 2. The van der Waals surface area contributed by atoms with Crippen LogP contribution >= 0.6 is 0 Å². The highest BCUT2D eigenvalue weighted by atomic mass is 16.5. The second kappa shape index (κ2) is 5.65. The Labute approximate surface area is 88.6 Å². The molecule has 15 heavy (non-hydrogen) atoms. The first-order chi connectivity index (χ1) is 7.27. The summed E-state index contributed by atoms with van der Waals surface area (Å²) in [5.74, 6) is 0.295. The maximum Gasteiger partial charge on any atom is 0.342 e. The molecule has 0 heterocycles. The Balaban J connectivity index is 2.65. The van der Waals surface area contributed by atoms with E-state index in [1.807, 2.05) is 0 Å². The molecule has 1 rings (SSSR count). The minimum Gasteiger partial charge on any atom is -0.497 e. The maximum absolute atomic E-state index is 11.4. The van der Waals surface area contributed by atoms with Crippen LogP contribution in [0.15, 0.2) is 49.3 Å². The standard InChI is InChI=1S/C12H12O3/c1-3-4-9-15-12(13)10-5-7-11(14-2)8-6-10/h3-9H,1H2,2H3. The number of carbonyl (C=O) groups is 1. The molecule has 0 aromatic heterocycles. The fourth-order valence-electron chi connectivity index (χ4n) is 0.952. The Hall–Kier alpha value is -2.03. The van der Waals surface area contributed by atoms with Crippen molar-refractivity contribution < 1.29 is 14.3 Å². The van der Waals surface area contributed by atoms with Gasteiger partial charge in [-0.15, -0.1) is 0 Å². The first-order valence-electron chi connectivity index (χ1n) is 4.40. The number of rotatable bonds is 4. The minimum absolute atomic E-state index is 0.407. The highest BCUT2D eigenvalue weighted by Gasteiger charge is 2.04. The summed E-state index contributed by atoms with van der Waals surface area (Å²) in [5.41, 5.74) is 0.476. The summed E-state index contributed by atoms with van der Waals surface area (Å²) in [6.07, 6.45) is 4.36. The largest absolute Gasteiger partial charge is 0.497 e. The number of esters is 1. The molecule has 0 aliphatic carbocycles. The van der Waals surface area contributed by atoms with Gasteiger partial charge < -0.3 is 9.47 Å². The number of benzene rings is 1. The molecule has 0 saturated carbocycles. The summed E-state index contributed by atoms with van der Waals surface area (Å²) in [7, 11) is 1.57. The van der Waals surface area contributed by atoms with E-state index in [1.165, 1.54) is 12.3 Å². The lowest BCUT2D eigenvalue weighted by molar-refractivity contribution is 0.0663. The zero-order chi connectivity index (χ0) is 11.1. The van der Waals surface area contributed by atoms with Gasteiger partial charge in [0.1, 0.15) is 5.75 Å². The first kappa shape index (κ1) is 11.0. The van der Waals surface area contributed by atoms with Gasteiger partial charge in [-0.05, 0) is 30.3 Å². The molecule has 0 bridgehead atoms. The topological polar surface area (TPSA) is 35.5 Å². The summed E-state index contributed by atoms with van der Waals surface area (Å²) < 4.78 is 9.78. The predicted octanol–water partition coefficient (Wildman–Crippen LogP) is 2.55. The van der Waals surface area contributed by atoms with Crippen molar-refractivity contribution in [3.63, 3.8) is 0 Å². The average Bonchev–Trinajstić information content (AvgIpc) is 2.29. The molecule has 1 aromatic rings. The Morgan fingerprint density at radius 1 is 1.33 bits per heavy atom. The van der Waals surface area contributed by atoms with Crippen molar-refractivity contribution in [2.75, 3.05) is 7.11 Å². The first-order valence-corrected chi connectivity index (χ1v) is 4.40. The van der Waals surface area contributed by atoms with Gasteiger partial charge in [0.15, 0.2) is 0 Å². The van der Waals surface area contributed by atoms with Crippen molar-refractivity contribution in [1.29, 1.82) is 0 Å². The smallest absolute Gasteiger partial charge is 0.342 e. The molecule has 3 nitrogen and oxygen atoms in total. The summed E-state index contributed by atoms with van der Waals surface area (Å²) in [6, 6.07) is 6.69. The lowest BCUT2D eigenvalue weighted by Gasteiger charge is -2.01. The molecular weight excluding hydrogens is 192 g/mol. The van der Waals surface area contributed by atoms with Gasteiger partial charge in [-0.3, -0.25) is 0 Å². The van der Waals surface area contributed by atoms with E-state index in [2.05, 4.69) is 6.58 Å². The van der Waals surface area contributed by atoms with Crippen LogP contribution in [0, 0.1) is 0 Å². The van der Waals surface area contributed by atoms with Crippen molar-refractivity contribution in [2.45, 2.75) is 0 Å². The van der Waals surface area contributed by atoms with Crippen LogP contribution in [-0.2, 0) is 4.74 Å². The van der Waals surface area contributed by atoms with Gasteiger partial charge in [0, 0.05) is 0 Å². The number of methoxy groups -OCH3 is 1. The van der Waals surface area contributed by atoms with E-state index < -0.39 is 5.97 Å². The third-order valence-electron chi connectivity index (χ3n) is 1.72. The van der Waals surface area contributed by atoms with Crippen molar-refractivity contribution >= 4 is 5.97 Å². The molecule has 0 saturated heterocycles. The molecule has 0 aliphatic heterocycles.